The average Bonchev–Trinajstić information content (AvgIpc) is 2.28. The Morgan fingerprint density at radius 2 is 2.17 bits per heavy atom. The molecule has 18 heavy (non-hydrogen) atoms. The molecule has 5 heteroatoms. The zero-order chi connectivity index (χ0) is 13.7. The number of hydrogen-bond donors (Lipinski definition) is 1. The van der Waals surface area contributed by atoms with E-state index in [9.17, 15) is 4.79 Å². The highest BCUT2D eigenvalue weighted by molar-refractivity contribution is 9.10. The number of methoxy groups -OCH3 is 1. The lowest BCUT2D eigenvalue weighted by Crippen LogP contribution is -2.21. The summed E-state index contributed by atoms with van der Waals surface area (Å²) in [5.74, 6) is 0.00363. The van der Waals surface area contributed by atoms with Crippen LogP contribution in [-0.2, 0) is 4.79 Å². The molecular formula is C13H18BrNO3. The number of carbonyl (C=O) groups is 1. The Kier molecular flexibility index (Phi) is 5.62. The first-order chi connectivity index (χ1) is 8.45. The minimum Gasteiger partial charge on any atom is -0.496 e. The molecule has 0 amide bonds. The Morgan fingerprint density at radius 1 is 1.50 bits per heavy atom. The highest BCUT2D eigenvalue weighted by Gasteiger charge is 2.16. The number of carboxylic acids is 1. The highest BCUT2D eigenvalue weighted by atomic mass is 79.9. The Balaban J connectivity index is 2.92. The van der Waals surface area contributed by atoms with Gasteiger partial charge in [-0.05, 0) is 54.1 Å². The number of benzene rings is 1. The molecule has 0 aromatic heterocycles. The van der Waals surface area contributed by atoms with E-state index in [4.69, 9.17) is 9.84 Å². The second-order valence-electron chi connectivity index (χ2n) is 4.31. The third-order valence-corrected chi connectivity index (χ3v) is 3.44. The van der Waals surface area contributed by atoms with Crippen molar-refractivity contribution >= 4 is 21.9 Å². The molecule has 0 spiro atoms. The number of hydrogen-bond acceptors (Lipinski definition) is 3. The normalized spacial score (nSPS) is 12.5. The fourth-order valence-electron chi connectivity index (χ4n) is 1.87. The van der Waals surface area contributed by atoms with E-state index in [-0.39, 0.29) is 12.5 Å². The molecule has 0 aliphatic carbocycles. The van der Waals surface area contributed by atoms with E-state index >= 15 is 0 Å². The fourth-order valence-corrected chi connectivity index (χ4v) is 2.43. The molecule has 1 aromatic carbocycles. The maximum Gasteiger partial charge on any atom is 0.303 e. The van der Waals surface area contributed by atoms with Crippen LogP contribution in [0.25, 0.3) is 0 Å². The first-order valence-corrected chi connectivity index (χ1v) is 6.46. The second-order valence-corrected chi connectivity index (χ2v) is 5.16. The summed E-state index contributed by atoms with van der Waals surface area (Å²) in [6, 6.07) is 5.92. The molecule has 0 saturated carbocycles. The van der Waals surface area contributed by atoms with Gasteiger partial charge in [0.25, 0.3) is 0 Å². The van der Waals surface area contributed by atoms with Gasteiger partial charge in [-0.15, -0.1) is 0 Å². The molecule has 0 aliphatic heterocycles. The monoisotopic (exact) mass is 315 g/mol. The molecule has 1 atom stereocenters. The largest absolute Gasteiger partial charge is 0.496 e. The standard InChI is InChI=1S/C13H18BrNO3/c1-15(2)11(5-7-13(16)17)9-4-6-12(18-3)10(14)8-9/h4,6,8,11H,5,7H2,1-3H3,(H,16,17). The Labute approximate surface area is 116 Å². The van der Waals surface area contributed by atoms with Crippen molar-refractivity contribution in [1.82, 2.24) is 4.90 Å². The first kappa shape index (κ1) is 15.0. The summed E-state index contributed by atoms with van der Waals surface area (Å²) in [5.41, 5.74) is 1.08. The lowest BCUT2D eigenvalue weighted by Gasteiger charge is -2.24. The topological polar surface area (TPSA) is 49.8 Å². The molecule has 0 bridgehead atoms. The molecule has 0 saturated heterocycles. The minimum absolute atomic E-state index is 0.0864. The molecule has 0 aliphatic rings. The minimum atomic E-state index is -0.769. The van der Waals surface area contributed by atoms with Crippen molar-refractivity contribution in [3.63, 3.8) is 0 Å². The van der Waals surface area contributed by atoms with E-state index in [1.54, 1.807) is 7.11 Å². The lowest BCUT2D eigenvalue weighted by molar-refractivity contribution is -0.137. The van der Waals surface area contributed by atoms with Crippen molar-refractivity contribution in [3.8, 4) is 5.75 Å². The zero-order valence-electron chi connectivity index (χ0n) is 10.8. The van der Waals surface area contributed by atoms with Crippen LogP contribution < -0.4 is 4.74 Å². The summed E-state index contributed by atoms with van der Waals surface area (Å²) in [5, 5.41) is 8.78. The van der Waals surface area contributed by atoms with Gasteiger partial charge in [0.2, 0.25) is 0 Å². The van der Waals surface area contributed by atoms with Crippen LogP contribution in [0.1, 0.15) is 24.4 Å². The van der Waals surface area contributed by atoms with Crippen molar-refractivity contribution in [2.24, 2.45) is 0 Å². The molecular weight excluding hydrogens is 298 g/mol. The summed E-state index contributed by atoms with van der Waals surface area (Å²) in [6.07, 6.45) is 0.744. The Bertz CT molecular complexity index is 421. The van der Waals surface area contributed by atoms with Gasteiger partial charge in [0.1, 0.15) is 5.75 Å². The number of rotatable bonds is 6. The van der Waals surface area contributed by atoms with Gasteiger partial charge < -0.3 is 14.7 Å². The summed E-state index contributed by atoms with van der Waals surface area (Å²) >= 11 is 3.44. The third kappa shape index (κ3) is 3.99. The lowest BCUT2D eigenvalue weighted by atomic mass is 10.0. The van der Waals surface area contributed by atoms with E-state index in [0.29, 0.717) is 6.42 Å². The van der Waals surface area contributed by atoms with E-state index in [2.05, 4.69) is 15.9 Å². The van der Waals surface area contributed by atoms with Gasteiger partial charge >= 0.3 is 5.97 Å². The fraction of sp³-hybridized carbons (Fsp3) is 0.462. The van der Waals surface area contributed by atoms with Gasteiger partial charge in [0, 0.05) is 12.5 Å². The predicted molar refractivity (Wildman–Crippen MR) is 74.0 cm³/mol. The van der Waals surface area contributed by atoms with Crippen LogP contribution in [0.4, 0.5) is 0 Å². The number of carboxylic acid groups (broad SMARTS) is 1. The molecule has 1 N–H and O–H groups in total. The van der Waals surface area contributed by atoms with Gasteiger partial charge in [-0.3, -0.25) is 4.79 Å². The smallest absolute Gasteiger partial charge is 0.303 e. The molecule has 100 valence electrons. The van der Waals surface area contributed by atoms with Crippen LogP contribution in [0.5, 0.6) is 5.75 Å². The average molecular weight is 316 g/mol. The SMILES string of the molecule is COc1ccc(C(CCC(=O)O)N(C)C)cc1Br. The maximum absolute atomic E-state index is 10.7. The molecule has 0 fully saturated rings. The Hall–Kier alpha value is -1.07. The van der Waals surface area contributed by atoms with Crippen molar-refractivity contribution in [2.75, 3.05) is 21.2 Å². The van der Waals surface area contributed by atoms with Gasteiger partial charge in [-0.1, -0.05) is 6.07 Å². The first-order valence-electron chi connectivity index (χ1n) is 5.67. The molecule has 1 aromatic rings. The summed E-state index contributed by atoms with van der Waals surface area (Å²) in [7, 11) is 5.52. The molecule has 0 heterocycles. The van der Waals surface area contributed by atoms with Gasteiger partial charge in [0.05, 0.1) is 11.6 Å². The van der Waals surface area contributed by atoms with Gasteiger partial charge in [-0.2, -0.15) is 0 Å². The number of aliphatic carboxylic acids is 1. The van der Waals surface area contributed by atoms with E-state index in [0.717, 1.165) is 15.8 Å². The number of halogens is 1. The van der Waals surface area contributed by atoms with Gasteiger partial charge in [0.15, 0.2) is 0 Å². The molecule has 0 radical (unpaired) electrons. The number of nitrogens with zero attached hydrogens (tertiary/aromatic N) is 1. The predicted octanol–water partition coefficient (Wildman–Crippen LogP) is 2.93. The molecule has 1 unspecified atom stereocenters. The maximum atomic E-state index is 10.7. The van der Waals surface area contributed by atoms with Crippen LogP contribution in [0.15, 0.2) is 22.7 Å². The van der Waals surface area contributed by atoms with Crippen molar-refractivity contribution in [3.05, 3.63) is 28.2 Å². The van der Waals surface area contributed by atoms with E-state index in [1.165, 1.54) is 0 Å². The Morgan fingerprint density at radius 3 is 2.61 bits per heavy atom. The summed E-state index contributed by atoms with van der Waals surface area (Å²) < 4.78 is 6.06. The third-order valence-electron chi connectivity index (χ3n) is 2.82. The zero-order valence-corrected chi connectivity index (χ0v) is 12.4. The second kappa shape index (κ2) is 6.75. The van der Waals surface area contributed by atoms with Crippen LogP contribution in [0.3, 0.4) is 0 Å². The summed E-state index contributed by atoms with van der Waals surface area (Å²) in [6.45, 7) is 0. The van der Waals surface area contributed by atoms with Crippen molar-refractivity contribution < 1.29 is 14.6 Å². The van der Waals surface area contributed by atoms with Crippen LogP contribution in [0.2, 0.25) is 0 Å². The molecule has 1 rings (SSSR count). The van der Waals surface area contributed by atoms with E-state index < -0.39 is 5.97 Å². The van der Waals surface area contributed by atoms with Crippen molar-refractivity contribution in [2.45, 2.75) is 18.9 Å². The molecule has 4 nitrogen and oxygen atoms in total. The highest BCUT2D eigenvalue weighted by Crippen LogP contribution is 2.31. The van der Waals surface area contributed by atoms with E-state index in [1.807, 2.05) is 37.2 Å². The number of ether oxygens (including phenoxy) is 1. The summed E-state index contributed by atoms with van der Waals surface area (Å²) in [4.78, 5) is 12.7. The van der Waals surface area contributed by atoms with Crippen LogP contribution in [0, 0.1) is 0 Å². The van der Waals surface area contributed by atoms with Crippen LogP contribution >= 0.6 is 15.9 Å². The van der Waals surface area contributed by atoms with Gasteiger partial charge in [-0.25, -0.2) is 0 Å². The van der Waals surface area contributed by atoms with Crippen molar-refractivity contribution in [1.29, 1.82) is 0 Å². The quantitative estimate of drug-likeness (QED) is 0.877. The van der Waals surface area contributed by atoms with Crippen LogP contribution in [-0.4, -0.2) is 37.2 Å².